The molecule has 3 aromatic carbocycles. The number of nitrogens with zero attached hydrogens (tertiary/aromatic N) is 2. The molecule has 0 unspecified atom stereocenters. The average molecular weight is 443 g/mol. The first-order valence-corrected chi connectivity index (χ1v) is 10.9. The number of anilines is 1. The van der Waals surface area contributed by atoms with Crippen molar-refractivity contribution in [2.24, 2.45) is 0 Å². The van der Waals surface area contributed by atoms with Gasteiger partial charge < -0.3 is 23.8 Å². The zero-order valence-electron chi connectivity index (χ0n) is 19.0. The van der Waals surface area contributed by atoms with Crippen molar-refractivity contribution in [3.05, 3.63) is 78.0 Å². The molecule has 0 saturated carbocycles. The first-order valence-electron chi connectivity index (χ1n) is 10.9. The molecule has 0 spiro atoms. The predicted octanol–water partition coefficient (Wildman–Crippen LogP) is 5.75. The zero-order valence-corrected chi connectivity index (χ0v) is 19.0. The third-order valence-electron chi connectivity index (χ3n) is 5.82. The Hall–Kier alpha value is -3.93. The van der Waals surface area contributed by atoms with E-state index in [1.54, 1.807) is 20.4 Å². The van der Waals surface area contributed by atoms with E-state index in [0.29, 0.717) is 29.6 Å². The summed E-state index contributed by atoms with van der Waals surface area (Å²) in [5.74, 6) is 3.47. The van der Waals surface area contributed by atoms with Crippen molar-refractivity contribution in [3.8, 4) is 28.7 Å². The third kappa shape index (κ3) is 4.24. The summed E-state index contributed by atoms with van der Waals surface area (Å²) in [6.45, 7) is 4.43. The number of pyridine rings is 1. The van der Waals surface area contributed by atoms with E-state index in [1.807, 2.05) is 30.3 Å². The van der Waals surface area contributed by atoms with E-state index in [0.717, 1.165) is 35.4 Å². The van der Waals surface area contributed by atoms with Gasteiger partial charge in [0.2, 0.25) is 0 Å². The lowest BCUT2D eigenvalue weighted by Gasteiger charge is -2.31. The maximum atomic E-state index is 6.26. The molecule has 0 aliphatic carbocycles. The molecule has 0 amide bonds. The van der Waals surface area contributed by atoms with E-state index in [1.165, 1.54) is 11.1 Å². The van der Waals surface area contributed by atoms with Crippen LogP contribution in [0.25, 0.3) is 10.9 Å². The van der Waals surface area contributed by atoms with Crippen molar-refractivity contribution < 1.29 is 18.9 Å². The van der Waals surface area contributed by atoms with Crippen LogP contribution in [0, 0.1) is 6.92 Å². The molecule has 168 valence electrons. The van der Waals surface area contributed by atoms with Crippen molar-refractivity contribution in [3.63, 3.8) is 0 Å². The summed E-state index contributed by atoms with van der Waals surface area (Å²) in [5, 5.41) is 0.842. The number of rotatable bonds is 6. The molecule has 0 saturated heterocycles. The van der Waals surface area contributed by atoms with E-state index < -0.39 is 0 Å². The van der Waals surface area contributed by atoms with Gasteiger partial charge in [0, 0.05) is 30.3 Å². The molecule has 0 fully saturated rings. The van der Waals surface area contributed by atoms with Gasteiger partial charge in [0.25, 0.3) is 0 Å². The van der Waals surface area contributed by atoms with Crippen LogP contribution in [0.4, 0.5) is 5.69 Å². The van der Waals surface area contributed by atoms with Crippen LogP contribution in [-0.4, -0.2) is 32.4 Å². The quantitative estimate of drug-likeness (QED) is 0.379. The average Bonchev–Trinajstić information content (AvgIpc) is 2.85. The Morgan fingerprint density at radius 3 is 2.48 bits per heavy atom. The molecule has 1 aliphatic rings. The number of aromatic nitrogens is 1. The molecule has 6 heteroatoms. The van der Waals surface area contributed by atoms with Gasteiger partial charge in [-0.05, 0) is 36.8 Å². The molecule has 5 rings (SSSR count). The van der Waals surface area contributed by atoms with Crippen LogP contribution >= 0.6 is 0 Å². The number of hydrogen-bond donors (Lipinski definition) is 0. The first kappa shape index (κ1) is 20.9. The molecule has 1 aliphatic heterocycles. The minimum atomic E-state index is 0.628. The molecule has 2 heterocycles. The van der Waals surface area contributed by atoms with Crippen LogP contribution in [0.2, 0.25) is 0 Å². The molecule has 6 nitrogen and oxygen atoms in total. The summed E-state index contributed by atoms with van der Waals surface area (Å²) < 4.78 is 23.1. The highest BCUT2D eigenvalue weighted by Gasteiger charge is 2.20. The lowest BCUT2D eigenvalue weighted by atomic mass is 10.1. The summed E-state index contributed by atoms with van der Waals surface area (Å²) in [5.41, 5.74) is 4.38. The lowest BCUT2D eigenvalue weighted by Crippen LogP contribution is -2.32. The maximum Gasteiger partial charge on any atom is 0.162 e. The van der Waals surface area contributed by atoms with Gasteiger partial charge in [-0.2, -0.15) is 0 Å². The normalized spacial score (nSPS) is 12.8. The second kappa shape index (κ2) is 8.90. The molecule has 4 aromatic rings. The summed E-state index contributed by atoms with van der Waals surface area (Å²) in [4.78, 5) is 6.79. The van der Waals surface area contributed by atoms with E-state index in [4.69, 9.17) is 18.9 Å². The Balaban J connectivity index is 1.42. The summed E-state index contributed by atoms with van der Waals surface area (Å²) in [6.07, 6.45) is 1.72. The topological polar surface area (TPSA) is 53.0 Å². The number of fused-ring (bicyclic) bond motifs is 2. The Kier molecular flexibility index (Phi) is 5.65. The molecule has 0 bridgehead atoms. The molecular weight excluding hydrogens is 416 g/mol. The van der Waals surface area contributed by atoms with Gasteiger partial charge in [0.05, 0.1) is 32.0 Å². The van der Waals surface area contributed by atoms with Gasteiger partial charge in [-0.15, -0.1) is 0 Å². The molecule has 0 radical (unpaired) electrons. The molecular formula is C27H26N2O4. The predicted molar refractivity (Wildman–Crippen MR) is 129 cm³/mol. The highest BCUT2D eigenvalue weighted by molar-refractivity contribution is 5.88. The standard InChI is InChI=1S/C27H26N2O4/c1-18-4-6-19(7-5-18)17-29-12-13-32-25-14-20(8-9-23(25)29)33-24-10-11-28-22-16-27(31-3)26(30-2)15-21(22)24/h4-11,14-16H,12-13,17H2,1-3H3. The van der Waals surface area contributed by atoms with E-state index in [-0.39, 0.29) is 0 Å². The second-order valence-electron chi connectivity index (χ2n) is 8.02. The largest absolute Gasteiger partial charge is 0.493 e. The van der Waals surface area contributed by atoms with Crippen LogP contribution in [0.5, 0.6) is 28.7 Å². The van der Waals surface area contributed by atoms with Crippen LogP contribution in [0.3, 0.4) is 0 Å². The smallest absolute Gasteiger partial charge is 0.162 e. The Bertz CT molecular complexity index is 1290. The van der Waals surface area contributed by atoms with Gasteiger partial charge in [0.1, 0.15) is 23.9 Å². The van der Waals surface area contributed by atoms with Crippen molar-refractivity contribution >= 4 is 16.6 Å². The fourth-order valence-electron chi connectivity index (χ4n) is 4.06. The van der Waals surface area contributed by atoms with Gasteiger partial charge >= 0.3 is 0 Å². The number of aryl methyl sites for hydroxylation is 1. The number of benzene rings is 3. The van der Waals surface area contributed by atoms with E-state index >= 15 is 0 Å². The number of ether oxygens (including phenoxy) is 4. The van der Waals surface area contributed by atoms with Crippen LogP contribution in [0.1, 0.15) is 11.1 Å². The number of methoxy groups -OCH3 is 2. The van der Waals surface area contributed by atoms with Crippen LogP contribution < -0.4 is 23.8 Å². The molecule has 1 aromatic heterocycles. The fourth-order valence-corrected chi connectivity index (χ4v) is 4.06. The summed E-state index contributed by atoms with van der Waals surface area (Å²) in [6, 6.07) is 20.2. The third-order valence-corrected chi connectivity index (χ3v) is 5.82. The maximum absolute atomic E-state index is 6.26. The first-order chi connectivity index (χ1) is 16.1. The number of hydrogen-bond acceptors (Lipinski definition) is 6. The highest BCUT2D eigenvalue weighted by Crippen LogP contribution is 2.40. The summed E-state index contributed by atoms with van der Waals surface area (Å²) in [7, 11) is 3.23. The monoisotopic (exact) mass is 442 g/mol. The van der Waals surface area contributed by atoms with Gasteiger partial charge in [-0.3, -0.25) is 4.98 Å². The van der Waals surface area contributed by atoms with Crippen molar-refractivity contribution in [2.75, 3.05) is 32.3 Å². The lowest BCUT2D eigenvalue weighted by molar-refractivity contribution is 0.305. The molecule has 33 heavy (non-hydrogen) atoms. The van der Waals surface area contributed by atoms with Gasteiger partial charge in [0.15, 0.2) is 11.5 Å². The van der Waals surface area contributed by atoms with E-state index in [2.05, 4.69) is 47.1 Å². The second-order valence-corrected chi connectivity index (χ2v) is 8.02. The molecule has 0 N–H and O–H groups in total. The van der Waals surface area contributed by atoms with Crippen molar-refractivity contribution in [2.45, 2.75) is 13.5 Å². The Labute approximate surface area is 193 Å². The zero-order chi connectivity index (χ0) is 22.8. The minimum absolute atomic E-state index is 0.628. The van der Waals surface area contributed by atoms with E-state index in [9.17, 15) is 0 Å². The van der Waals surface area contributed by atoms with Crippen LogP contribution in [-0.2, 0) is 6.54 Å². The van der Waals surface area contributed by atoms with Gasteiger partial charge in [-0.1, -0.05) is 29.8 Å². The van der Waals surface area contributed by atoms with Crippen molar-refractivity contribution in [1.29, 1.82) is 0 Å². The SMILES string of the molecule is COc1cc2nccc(Oc3ccc4c(c3)OCCN4Cc3ccc(C)cc3)c2cc1OC. The fraction of sp³-hybridized carbons (Fsp3) is 0.222. The summed E-state index contributed by atoms with van der Waals surface area (Å²) >= 11 is 0. The highest BCUT2D eigenvalue weighted by atomic mass is 16.5. The molecule has 0 atom stereocenters. The van der Waals surface area contributed by atoms with Gasteiger partial charge in [-0.25, -0.2) is 0 Å². The van der Waals surface area contributed by atoms with Crippen molar-refractivity contribution in [1.82, 2.24) is 4.98 Å². The Morgan fingerprint density at radius 2 is 1.70 bits per heavy atom. The minimum Gasteiger partial charge on any atom is -0.493 e. The van der Waals surface area contributed by atoms with Crippen LogP contribution in [0.15, 0.2) is 66.9 Å². The Morgan fingerprint density at radius 1 is 0.909 bits per heavy atom.